The predicted molar refractivity (Wildman–Crippen MR) is 129 cm³/mol. The smallest absolute Gasteiger partial charge is 0.274 e. The molecule has 3 fully saturated rings. The molecule has 3 aliphatic rings. The number of hydrogen-bond donors (Lipinski definition) is 3. The maximum atomic E-state index is 13.2. The summed E-state index contributed by atoms with van der Waals surface area (Å²) in [6, 6.07) is 5.49. The van der Waals surface area contributed by atoms with Gasteiger partial charge < -0.3 is 30.0 Å². The molecule has 11 heteroatoms. The predicted octanol–water partition coefficient (Wildman–Crippen LogP) is 1.93. The average Bonchev–Trinajstić information content (AvgIpc) is 3.47. The molecule has 3 N–H and O–H groups in total. The van der Waals surface area contributed by atoms with Crippen LogP contribution in [-0.2, 0) is 9.47 Å². The van der Waals surface area contributed by atoms with Gasteiger partial charge in [-0.3, -0.25) is 9.59 Å². The van der Waals surface area contributed by atoms with Gasteiger partial charge in [0.1, 0.15) is 5.69 Å². The lowest BCUT2D eigenvalue weighted by Gasteiger charge is -2.39. The minimum atomic E-state index is -0.246. The molecule has 1 amide bonds. The topological polar surface area (TPSA) is 124 Å². The fourth-order valence-electron chi connectivity index (χ4n) is 5.36. The first kappa shape index (κ1) is 22.1. The van der Waals surface area contributed by atoms with Gasteiger partial charge in [-0.15, -0.1) is 5.10 Å². The number of aromatic nitrogens is 4. The molecule has 0 bridgehead atoms. The van der Waals surface area contributed by atoms with Gasteiger partial charge in [0.25, 0.3) is 11.5 Å². The Morgan fingerprint density at radius 1 is 1.17 bits per heavy atom. The largest absolute Gasteiger partial charge is 0.385 e. The lowest BCUT2D eigenvalue weighted by molar-refractivity contribution is -0.000686. The fourth-order valence-corrected chi connectivity index (χ4v) is 5.36. The van der Waals surface area contributed by atoms with Crippen LogP contribution in [0.2, 0.25) is 0 Å². The second kappa shape index (κ2) is 8.97. The van der Waals surface area contributed by atoms with E-state index in [2.05, 4.69) is 26.0 Å². The van der Waals surface area contributed by atoms with Crippen LogP contribution < -0.4 is 21.5 Å². The van der Waals surface area contributed by atoms with E-state index in [0.717, 1.165) is 32.3 Å². The Balaban J connectivity index is 1.28. The van der Waals surface area contributed by atoms with Crippen LogP contribution in [0.1, 0.15) is 42.2 Å². The summed E-state index contributed by atoms with van der Waals surface area (Å²) in [5.41, 5.74) is 1.84. The molecule has 3 atom stereocenters. The van der Waals surface area contributed by atoms with E-state index in [-0.39, 0.29) is 29.7 Å². The Morgan fingerprint density at radius 2 is 2.03 bits per heavy atom. The standard InChI is InChI=1S/C24H29N7O4/c1-25-18-12-20(27-16-3-2-7-30(24(16)33)15-5-8-34-9-6-15)29-31-19(13-26-22(18)31)23(32)28-17-11-14-4-10-35-21(14)17/h2-3,7,12-15,17,21,25H,4-6,8-11H2,1H3,(H,27,29)(H,28,32)/t14-,17-,21-/m1/s1. The van der Waals surface area contributed by atoms with Gasteiger partial charge in [-0.2, -0.15) is 0 Å². The normalized spacial score (nSPS) is 24.1. The number of anilines is 3. The molecule has 0 radical (unpaired) electrons. The summed E-state index contributed by atoms with van der Waals surface area (Å²) in [6.45, 7) is 2.06. The first-order valence-corrected chi connectivity index (χ1v) is 12.2. The number of ether oxygens (including phenoxy) is 2. The maximum absolute atomic E-state index is 13.2. The third kappa shape index (κ3) is 3.94. The number of pyridine rings is 1. The van der Waals surface area contributed by atoms with Crippen molar-refractivity contribution in [1.82, 2.24) is 24.5 Å². The van der Waals surface area contributed by atoms with Gasteiger partial charge in [0.05, 0.1) is 24.0 Å². The Kier molecular flexibility index (Phi) is 5.65. The number of carbonyl (C=O) groups is 1. The van der Waals surface area contributed by atoms with Gasteiger partial charge in [0.2, 0.25) is 0 Å². The Bertz CT molecular complexity index is 1310. The number of nitrogens with zero attached hydrogens (tertiary/aromatic N) is 4. The molecule has 2 saturated heterocycles. The van der Waals surface area contributed by atoms with Gasteiger partial charge >= 0.3 is 0 Å². The van der Waals surface area contributed by atoms with Crippen LogP contribution in [0.15, 0.2) is 35.4 Å². The first-order valence-electron chi connectivity index (χ1n) is 12.2. The summed E-state index contributed by atoms with van der Waals surface area (Å²) in [5.74, 6) is 0.728. The van der Waals surface area contributed by atoms with E-state index in [4.69, 9.17) is 9.47 Å². The summed E-state index contributed by atoms with van der Waals surface area (Å²) in [6.07, 6.45) is 7.04. The Morgan fingerprint density at radius 3 is 2.83 bits per heavy atom. The monoisotopic (exact) mass is 479 g/mol. The maximum Gasteiger partial charge on any atom is 0.274 e. The van der Waals surface area contributed by atoms with Gasteiger partial charge in [-0.25, -0.2) is 9.50 Å². The molecule has 35 heavy (non-hydrogen) atoms. The summed E-state index contributed by atoms with van der Waals surface area (Å²) in [7, 11) is 1.78. The number of rotatable bonds is 6. The summed E-state index contributed by atoms with van der Waals surface area (Å²) in [4.78, 5) is 30.7. The molecule has 5 heterocycles. The molecule has 1 aliphatic carbocycles. The number of hydrogen-bond acceptors (Lipinski definition) is 8. The van der Waals surface area contributed by atoms with E-state index in [0.29, 0.717) is 47.7 Å². The summed E-state index contributed by atoms with van der Waals surface area (Å²) in [5, 5.41) is 13.9. The summed E-state index contributed by atoms with van der Waals surface area (Å²) < 4.78 is 14.4. The van der Waals surface area contributed by atoms with Crippen LogP contribution in [-0.4, -0.2) is 64.1 Å². The number of nitrogens with one attached hydrogen (secondary N) is 3. The van der Waals surface area contributed by atoms with Crippen molar-refractivity contribution >= 4 is 28.7 Å². The molecule has 3 aromatic rings. The highest BCUT2D eigenvalue weighted by Crippen LogP contribution is 2.38. The van der Waals surface area contributed by atoms with E-state index in [1.165, 1.54) is 10.7 Å². The number of carbonyl (C=O) groups excluding carboxylic acids is 1. The molecule has 3 aromatic heterocycles. The first-order chi connectivity index (χ1) is 17.1. The van der Waals surface area contributed by atoms with E-state index in [1.807, 2.05) is 12.3 Å². The molecule has 6 rings (SSSR count). The van der Waals surface area contributed by atoms with Crippen LogP contribution in [0.4, 0.5) is 17.2 Å². The zero-order valence-corrected chi connectivity index (χ0v) is 19.6. The highest BCUT2D eigenvalue weighted by molar-refractivity contribution is 5.94. The molecule has 184 valence electrons. The van der Waals surface area contributed by atoms with Crippen LogP contribution >= 0.6 is 0 Å². The molecule has 0 aromatic carbocycles. The lowest BCUT2D eigenvalue weighted by atomic mass is 9.77. The molecule has 11 nitrogen and oxygen atoms in total. The Hall–Kier alpha value is -3.44. The third-order valence-electron chi connectivity index (χ3n) is 7.32. The zero-order valence-electron chi connectivity index (χ0n) is 19.6. The van der Waals surface area contributed by atoms with Gasteiger partial charge in [-0.05, 0) is 43.7 Å². The second-order valence-corrected chi connectivity index (χ2v) is 9.37. The average molecular weight is 480 g/mol. The van der Waals surface area contributed by atoms with Crippen molar-refractivity contribution in [1.29, 1.82) is 0 Å². The third-order valence-corrected chi connectivity index (χ3v) is 7.32. The van der Waals surface area contributed by atoms with Crippen LogP contribution in [0.25, 0.3) is 5.65 Å². The summed E-state index contributed by atoms with van der Waals surface area (Å²) >= 11 is 0. The van der Waals surface area contributed by atoms with E-state index in [9.17, 15) is 9.59 Å². The van der Waals surface area contributed by atoms with Gasteiger partial charge in [0.15, 0.2) is 17.2 Å². The SMILES string of the molecule is CNc1cc(Nc2cccn(C3CCOCC3)c2=O)nn2c(C(=O)N[C@@H]3C[C@H]4CCO[C@H]43)cnc12. The minimum absolute atomic E-state index is 0.0126. The van der Waals surface area contributed by atoms with Gasteiger partial charge in [-0.1, -0.05) is 0 Å². The highest BCUT2D eigenvalue weighted by atomic mass is 16.5. The van der Waals surface area contributed by atoms with Crippen molar-refractivity contribution in [3.8, 4) is 0 Å². The van der Waals surface area contributed by atoms with Crippen molar-refractivity contribution in [2.75, 3.05) is 37.5 Å². The van der Waals surface area contributed by atoms with Crippen molar-refractivity contribution in [2.45, 2.75) is 43.9 Å². The molecular weight excluding hydrogens is 450 g/mol. The van der Waals surface area contributed by atoms with Gasteiger partial charge in [0, 0.05) is 45.2 Å². The van der Waals surface area contributed by atoms with E-state index in [1.54, 1.807) is 23.7 Å². The fraction of sp³-hybridized carbons (Fsp3) is 0.500. The van der Waals surface area contributed by atoms with Crippen molar-refractivity contribution in [3.05, 3.63) is 46.6 Å². The molecule has 1 saturated carbocycles. The quantitative estimate of drug-likeness (QED) is 0.490. The molecular formula is C24H29N7O4. The van der Waals surface area contributed by atoms with E-state index < -0.39 is 0 Å². The molecule has 0 spiro atoms. The number of imidazole rings is 1. The minimum Gasteiger partial charge on any atom is -0.385 e. The van der Waals surface area contributed by atoms with Crippen LogP contribution in [0.5, 0.6) is 0 Å². The highest BCUT2D eigenvalue weighted by Gasteiger charge is 2.46. The van der Waals surface area contributed by atoms with Crippen LogP contribution in [0, 0.1) is 5.92 Å². The van der Waals surface area contributed by atoms with Crippen LogP contribution in [0.3, 0.4) is 0 Å². The van der Waals surface area contributed by atoms with Crippen molar-refractivity contribution < 1.29 is 14.3 Å². The number of amides is 1. The Labute approximate surface area is 201 Å². The second-order valence-electron chi connectivity index (χ2n) is 9.37. The molecule has 0 unspecified atom stereocenters. The number of fused-ring (bicyclic) bond motifs is 2. The van der Waals surface area contributed by atoms with Crippen molar-refractivity contribution in [3.63, 3.8) is 0 Å². The van der Waals surface area contributed by atoms with Crippen molar-refractivity contribution in [2.24, 2.45) is 5.92 Å². The molecule has 2 aliphatic heterocycles. The van der Waals surface area contributed by atoms with E-state index >= 15 is 0 Å². The lowest BCUT2D eigenvalue weighted by Crippen LogP contribution is -2.54. The zero-order chi connectivity index (χ0) is 23.9.